The molecule has 0 aliphatic carbocycles. The van der Waals surface area contributed by atoms with Crippen LogP contribution in [0.25, 0.3) is 0 Å². The average Bonchev–Trinajstić information content (AvgIpc) is 2.49. The molecule has 130 valence electrons. The van der Waals surface area contributed by atoms with Crippen molar-refractivity contribution < 1.29 is 50.0 Å². The summed E-state index contributed by atoms with van der Waals surface area (Å²) < 4.78 is 15.3. The molecular weight excluding hydrogens is 304 g/mol. The van der Waals surface area contributed by atoms with Crippen LogP contribution in [-0.4, -0.2) is 104 Å². The Bertz CT molecular complexity index is 368. The maximum absolute atomic E-state index is 9.93. The molecular formula is C12H22O10. The molecule has 0 unspecified atom stereocenters. The average molecular weight is 326 g/mol. The third-order valence-corrected chi connectivity index (χ3v) is 3.94. The van der Waals surface area contributed by atoms with Crippen molar-refractivity contribution in [1.82, 2.24) is 0 Å². The molecule has 2 aliphatic rings. The SMILES string of the molecule is C[C@@H]1O[C@@H](O[C@@H]2[C@@H](O)[C@H](O)[C@@H](CO)O[C@@H]2O)[C@H](O)[C@H](O)[C@H]1O. The van der Waals surface area contributed by atoms with Gasteiger partial charge in [0, 0.05) is 0 Å². The van der Waals surface area contributed by atoms with Gasteiger partial charge in [0.2, 0.25) is 0 Å². The van der Waals surface area contributed by atoms with Crippen LogP contribution in [0.15, 0.2) is 0 Å². The Balaban J connectivity index is 2.06. The zero-order chi connectivity index (χ0) is 16.6. The molecule has 10 nitrogen and oxygen atoms in total. The van der Waals surface area contributed by atoms with Crippen LogP contribution >= 0.6 is 0 Å². The van der Waals surface area contributed by atoms with Crippen LogP contribution in [0.1, 0.15) is 6.92 Å². The monoisotopic (exact) mass is 326 g/mol. The van der Waals surface area contributed by atoms with E-state index < -0.39 is 68.0 Å². The highest BCUT2D eigenvalue weighted by Crippen LogP contribution is 2.28. The third-order valence-electron chi connectivity index (χ3n) is 3.94. The highest BCUT2D eigenvalue weighted by Gasteiger charge is 2.49. The van der Waals surface area contributed by atoms with E-state index in [4.69, 9.17) is 19.3 Å². The topological polar surface area (TPSA) is 169 Å². The first kappa shape index (κ1) is 17.9. The Morgan fingerprint density at radius 1 is 0.818 bits per heavy atom. The number of ether oxygens (including phenoxy) is 3. The van der Waals surface area contributed by atoms with Gasteiger partial charge in [-0.2, -0.15) is 0 Å². The summed E-state index contributed by atoms with van der Waals surface area (Å²) in [4.78, 5) is 0. The van der Waals surface area contributed by atoms with Gasteiger partial charge in [-0.25, -0.2) is 0 Å². The van der Waals surface area contributed by atoms with Gasteiger partial charge in [0.15, 0.2) is 12.6 Å². The summed E-state index contributed by atoms with van der Waals surface area (Å²) in [7, 11) is 0. The summed E-state index contributed by atoms with van der Waals surface area (Å²) in [6.07, 6.45) is -14.3. The minimum absolute atomic E-state index is 0.619. The number of hydrogen-bond donors (Lipinski definition) is 7. The lowest BCUT2D eigenvalue weighted by molar-refractivity contribution is -0.358. The maximum Gasteiger partial charge on any atom is 0.187 e. The van der Waals surface area contributed by atoms with Gasteiger partial charge in [0.05, 0.1) is 12.7 Å². The molecule has 7 N–H and O–H groups in total. The number of aliphatic hydroxyl groups is 7. The Morgan fingerprint density at radius 2 is 1.45 bits per heavy atom. The van der Waals surface area contributed by atoms with Crippen molar-refractivity contribution >= 4 is 0 Å². The van der Waals surface area contributed by atoms with Crippen molar-refractivity contribution in [1.29, 1.82) is 0 Å². The van der Waals surface area contributed by atoms with Gasteiger partial charge in [-0.05, 0) is 6.92 Å². The first-order chi connectivity index (χ1) is 10.3. The maximum atomic E-state index is 9.93. The molecule has 0 aromatic heterocycles. The Morgan fingerprint density at radius 3 is 2.05 bits per heavy atom. The second kappa shape index (κ2) is 7.01. The van der Waals surface area contributed by atoms with Crippen LogP contribution in [0.2, 0.25) is 0 Å². The minimum Gasteiger partial charge on any atom is -0.394 e. The zero-order valence-corrected chi connectivity index (χ0v) is 11.8. The molecule has 0 radical (unpaired) electrons. The van der Waals surface area contributed by atoms with Crippen molar-refractivity contribution in [2.45, 2.75) is 68.3 Å². The molecule has 10 atom stereocenters. The molecule has 2 saturated heterocycles. The van der Waals surface area contributed by atoms with Crippen LogP contribution < -0.4 is 0 Å². The molecule has 0 aromatic rings. The summed E-state index contributed by atoms with van der Waals surface area (Å²) in [6.45, 7) is 0.823. The van der Waals surface area contributed by atoms with Gasteiger partial charge in [0.25, 0.3) is 0 Å². The molecule has 0 saturated carbocycles. The fourth-order valence-electron chi connectivity index (χ4n) is 2.50. The first-order valence-electron chi connectivity index (χ1n) is 6.93. The summed E-state index contributed by atoms with van der Waals surface area (Å²) in [6, 6.07) is 0. The largest absolute Gasteiger partial charge is 0.394 e. The van der Waals surface area contributed by atoms with E-state index in [0.717, 1.165) is 0 Å². The van der Waals surface area contributed by atoms with Crippen molar-refractivity contribution in [3.8, 4) is 0 Å². The van der Waals surface area contributed by atoms with E-state index in [9.17, 15) is 30.6 Å². The van der Waals surface area contributed by atoms with E-state index in [0.29, 0.717) is 0 Å². The van der Waals surface area contributed by atoms with Crippen LogP contribution in [-0.2, 0) is 14.2 Å². The molecule has 2 rings (SSSR count). The number of rotatable bonds is 3. The molecule has 0 spiro atoms. The zero-order valence-electron chi connectivity index (χ0n) is 11.8. The fraction of sp³-hybridized carbons (Fsp3) is 1.00. The van der Waals surface area contributed by atoms with Crippen molar-refractivity contribution in [2.75, 3.05) is 6.61 Å². The molecule has 0 amide bonds. The van der Waals surface area contributed by atoms with E-state index in [1.165, 1.54) is 6.92 Å². The van der Waals surface area contributed by atoms with Crippen LogP contribution in [0.4, 0.5) is 0 Å². The van der Waals surface area contributed by atoms with Crippen molar-refractivity contribution in [2.24, 2.45) is 0 Å². The molecule has 2 fully saturated rings. The highest BCUT2D eigenvalue weighted by molar-refractivity contribution is 4.92. The van der Waals surface area contributed by atoms with Gasteiger partial charge >= 0.3 is 0 Å². The van der Waals surface area contributed by atoms with E-state index >= 15 is 0 Å². The number of aliphatic hydroxyl groups excluding tert-OH is 7. The van der Waals surface area contributed by atoms with E-state index in [2.05, 4.69) is 0 Å². The molecule has 0 bridgehead atoms. The second-order valence-corrected chi connectivity index (χ2v) is 5.51. The minimum atomic E-state index is -1.69. The normalized spacial score (nSPS) is 53.5. The van der Waals surface area contributed by atoms with E-state index in [1.54, 1.807) is 0 Å². The molecule has 2 heterocycles. The van der Waals surface area contributed by atoms with Gasteiger partial charge in [-0.3, -0.25) is 0 Å². The van der Waals surface area contributed by atoms with Crippen LogP contribution in [0.3, 0.4) is 0 Å². The highest BCUT2D eigenvalue weighted by atomic mass is 16.7. The number of hydrogen-bond acceptors (Lipinski definition) is 10. The van der Waals surface area contributed by atoms with Gasteiger partial charge in [-0.15, -0.1) is 0 Å². The molecule has 2 aliphatic heterocycles. The lowest BCUT2D eigenvalue weighted by Gasteiger charge is -2.44. The van der Waals surface area contributed by atoms with Crippen molar-refractivity contribution in [3.63, 3.8) is 0 Å². The predicted octanol–water partition coefficient (Wildman–Crippen LogP) is -4.37. The predicted molar refractivity (Wildman–Crippen MR) is 67.2 cm³/mol. The first-order valence-corrected chi connectivity index (χ1v) is 6.93. The standard InChI is InChI=1S/C12H22O10/c1-3-5(14)7(16)9(18)12(20-3)22-10-8(17)6(15)4(2-13)21-11(10)19/h3-19H,2H2,1H3/t3-,4+,5-,6+,7+,8-,9+,10+,11-,12-/m0/s1. The fourth-order valence-corrected chi connectivity index (χ4v) is 2.50. The molecule has 0 aromatic carbocycles. The second-order valence-electron chi connectivity index (χ2n) is 5.51. The van der Waals surface area contributed by atoms with E-state index in [-0.39, 0.29) is 0 Å². The molecule has 10 heteroatoms. The quantitative estimate of drug-likeness (QED) is 0.269. The smallest absolute Gasteiger partial charge is 0.187 e. The van der Waals surface area contributed by atoms with Gasteiger partial charge in [-0.1, -0.05) is 0 Å². The van der Waals surface area contributed by atoms with Gasteiger partial charge in [0.1, 0.15) is 42.7 Å². The van der Waals surface area contributed by atoms with Crippen LogP contribution in [0, 0.1) is 0 Å². The summed E-state index contributed by atoms with van der Waals surface area (Å²) >= 11 is 0. The Labute approximate surface area is 126 Å². The summed E-state index contributed by atoms with van der Waals surface area (Å²) in [5.74, 6) is 0. The lowest BCUT2D eigenvalue weighted by atomic mass is 9.97. The van der Waals surface area contributed by atoms with Crippen molar-refractivity contribution in [3.05, 3.63) is 0 Å². The summed E-state index contributed by atoms with van der Waals surface area (Å²) in [5, 5.41) is 67.5. The van der Waals surface area contributed by atoms with Crippen LogP contribution in [0.5, 0.6) is 0 Å². The summed E-state index contributed by atoms with van der Waals surface area (Å²) in [5.41, 5.74) is 0. The lowest BCUT2D eigenvalue weighted by Crippen LogP contribution is -2.63. The third kappa shape index (κ3) is 3.26. The van der Waals surface area contributed by atoms with E-state index in [1.807, 2.05) is 0 Å². The van der Waals surface area contributed by atoms with Gasteiger partial charge < -0.3 is 50.0 Å². The Kier molecular flexibility index (Phi) is 5.72. The molecule has 22 heavy (non-hydrogen) atoms. The Hall–Kier alpha value is -0.400.